The molecule has 0 N–H and O–H groups in total. The lowest BCUT2D eigenvalue weighted by molar-refractivity contribution is -0.116. The zero-order chi connectivity index (χ0) is 16.1. The second-order valence-corrected chi connectivity index (χ2v) is 5.39. The van der Waals surface area contributed by atoms with Crippen LogP contribution in [0.4, 0.5) is 5.69 Å². The molecule has 2 aromatic rings. The molecule has 1 amide bonds. The molecule has 0 aliphatic carbocycles. The summed E-state index contributed by atoms with van der Waals surface area (Å²) in [6, 6.07) is 1.82. The third-order valence-corrected chi connectivity index (χ3v) is 3.53. The Balaban J connectivity index is 2.47. The molecule has 0 bridgehead atoms. The van der Waals surface area contributed by atoms with Crippen molar-refractivity contribution in [2.75, 3.05) is 25.0 Å². The Bertz CT molecular complexity index is 644. The number of rotatable bonds is 6. The lowest BCUT2D eigenvalue weighted by Crippen LogP contribution is -2.35. The smallest absolute Gasteiger partial charge is 0.245 e. The van der Waals surface area contributed by atoms with Gasteiger partial charge in [-0.25, -0.2) is 0 Å². The normalized spacial score (nSPS) is 10.4. The third kappa shape index (κ3) is 3.58. The molecule has 0 aliphatic rings. The monoisotopic (exact) mass is 437 g/mol. The number of methoxy groups -OCH3 is 2. The molecule has 118 valence electrons. The maximum absolute atomic E-state index is 12.2. The first-order chi connectivity index (χ1) is 10.6. The Morgan fingerprint density at radius 3 is 2.45 bits per heavy atom. The van der Waals surface area contributed by atoms with Crippen molar-refractivity contribution < 1.29 is 14.3 Å². The van der Waals surface area contributed by atoms with Crippen LogP contribution in [0.25, 0.3) is 0 Å². The fraction of sp³-hybridized carbons (Fsp3) is 0.333. The molecule has 0 atom stereocenters. The molecule has 2 rings (SSSR count). The molecule has 0 fully saturated rings. The van der Waals surface area contributed by atoms with Crippen molar-refractivity contribution in [3.8, 4) is 11.8 Å². The lowest BCUT2D eigenvalue weighted by Gasteiger charge is -2.24. The lowest BCUT2D eigenvalue weighted by atomic mass is 10.4. The zero-order valence-electron chi connectivity index (χ0n) is 11.9. The summed E-state index contributed by atoms with van der Waals surface area (Å²) in [6.45, 7) is 0.134. The number of anilines is 1. The Morgan fingerprint density at radius 2 is 2.00 bits per heavy atom. The maximum atomic E-state index is 12.2. The second-order valence-electron chi connectivity index (χ2n) is 4.02. The summed E-state index contributed by atoms with van der Waals surface area (Å²) in [6.07, 6.45) is 3.04. The Kier molecular flexibility index (Phi) is 5.77. The van der Waals surface area contributed by atoms with E-state index in [4.69, 9.17) is 21.1 Å². The average Bonchev–Trinajstić information content (AvgIpc) is 2.96. The molecule has 22 heavy (non-hydrogen) atoms. The first kappa shape index (κ1) is 16.7. The standard InChI is InChI=1S/C12H13ClIN5O3/c1-21-11-10(12(22-2)16-6-15-11)19(9(20)5-13)7-18-4-3-8(14)17-18/h3-4,6H,5,7H2,1-2H3. The van der Waals surface area contributed by atoms with Crippen LogP contribution in [-0.2, 0) is 11.5 Å². The average molecular weight is 438 g/mol. The van der Waals surface area contributed by atoms with Crippen molar-refractivity contribution in [1.82, 2.24) is 19.7 Å². The van der Waals surface area contributed by atoms with E-state index in [-0.39, 0.29) is 30.2 Å². The van der Waals surface area contributed by atoms with E-state index in [2.05, 4.69) is 37.7 Å². The van der Waals surface area contributed by atoms with Gasteiger partial charge < -0.3 is 9.47 Å². The molecule has 0 saturated carbocycles. The molecular weight excluding hydrogens is 425 g/mol. The van der Waals surface area contributed by atoms with Gasteiger partial charge in [-0.1, -0.05) is 0 Å². The number of hydrogen-bond donors (Lipinski definition) is 0. The van der Waals surface area contributed by atoms with Gasteiger partial charge in [0.2, 0.25) is 17.7 Å². The summed E-state index contributed by atoms with van der Waals surface area (Å²) in [5.41, 5.74) is 0.309. The minimum absolute atomic E-state index is 0.134. The van der Waals surface area contributed by atoms with E-state index in [1.54, 1.807) is 10.9 Å². The van der Waals surface area contributed by atoms with Crippen LogP contribution in [-0.4, -0.2) is 45.8 Å². The van der Waals surface area contributed by atoms with Gasteiger partial charge in [0.1, 0.15) is 22.6 Å². The number of ether oxygens (including phenoxy) is 2. The quantitative estimate of drug-likeness (QED) is 0.503. The van der Waals surface area contributed by atoms with Crippen molar-refractivity contribution in [3.05, 3.63) is 22.3 Å². The van der Waals surface area contributed by atoms with E-state index in [1.807, 2.05) is 6.07 Å². The minimum Gasteiger partial charge on any atom is -0.479 e. The molecule has 0 spiro atoms. The SMILES string of the molecule is COc1ncnc(OC)c1N(Cn1ccc(I)n1)C(=O)CCl. The van der Waals surface area contributed by atoms with Gasteiger partial charge in [-0.2, -0.15) is 15.1 Å². The van der Waals surface area contributed by atoms with Crippen molar-refractivity contribution in [3.63, 3.8) is 0 Å². The number of aromatic nitrogens is 4. The van der Waals surface area contributed by atoms with Crippen LogP contribution in [0, 0.1) is 3.70 Å². The van der Waals surface area contributed by atoms with Crippen LogP contribution < -0.4 is 14.4 Å². The Morgan fingerprint density at radius 1 is 1.36 bits per heavy atom. The highest BCUT2D eigenvalue weighted by atomic mass is 127. The van der Waals surface area contributed by atoms with E-state index in [0.717, 1.165) is 3.70 Å². The van der Waals surface area contributed by atoms with Crippen molar-refractivity contribution in [2.45, 2.75) is 6.67 Å². The van der Waals surface area contributed by atoms with Crippen LogP contribution in [0.1, 0.15) is 0 Å². The molecule has 2 heterocycles. The van der Waals surface area contributed by atoms with Crippen molar-refractivity contribution >= 4 is 45.8 Å². The summed E-state index contributed by atoms with van der Waals surface area (Å²) in [4.78, 5) is 21.6. The molecule has 10 heteroatoms. The molecule has 2 aromatic heterocycles. The molecule has 0 radical (unpaired) electrons. The number of carbonyl (C=O) groups excluding carboxylic acids is 1. The number of hydrogen-bond acceptors (Lipinski definition) is 6. The molecule has 0 aromatic carbocycles. The largest absolute Gasteiger partial charge is 0.479 e. The predicted molar refractivity (Wildman–Crippen MR) is 88.3 cm³/mol. The fourth-order valence-corrected chi connectivity index (χ4v) is 2.37. The van der Waals surface area contributed by atoms with Gasteiger partial charge in [0.25, 0.3) is 0 Å². The number of alkyl halides is 1. The van der Waals surface area contributed by atoms with Crippen LogP contribution in [0.15, 0.2) is 18.6 Å². The topological polar surface area (TPSA) is 82.4 Å². The first-order valence-corrected chi connectivity index (χ1v) is 7.70. The minimum atomic E-state index is -0.349. The summed E-state index contributed by atoms with van der Waals surface area (Å²) in [5, 5.41) is 4.25. The maximum Gasteiger partial charge on any atom is 0.245 e. The van der Waals surface area contributed by atoms with Gasteiger partial charge >= 0.3 is 0 Å². The van der Waals surface area contributed by atoms with Crippen LogP contribution in [0.5, 0.6) is 11.8 Å². The highest BCUT2D eigenvalue weighted by Crippen LogP contribution is 2.34. The van der Waals surface area contributed by atoms with Gasteiger partial charge in [0.05, 0.1) is 14.2 Å². The summed E-state index contributed by atoms with van der Waals surface area (Å²) in [5.74, 6) is -0.127. The molecule has 0 saturated heterocycles. The zero-order valence-corrected chi connectivity index (χ0v) is 14.8. The first-order valence-electron chi connectivity index (χ1n) is 6.09. The second kappa shape index (κ2) is 7.58. The van der Waals surface area contributed by atoms with Crippen LogP contribution >= 0.6 is 34.2 Å². The number of nitrogens with zero attached hydrogens (tertiary/aromatic N) is 5. The number of halogens is 2. The van der Waals surface area contributed by atoms with Crippen LogP contribution in [0.2, 0.25) is 0 Å². The molecule has 0 aliphatic heterocycles. The van der Waals surface area contributed by atoms with Gasteiger partial charge in [0, 0.05) is 6.20 Å². The number of amides is 1. The van der Waals surface area contributed by atoms with E-state index in [9.17, 15) is 4.79 Å². The highest BCUT2D eigenvalue weighted by molar-refractivity contribution is 14.1. The van der Waals surface area contributed by atoms with Gasteiger partial charge in [-0.05, 0) is 28.7 Å². The Labute approximate surface area is 145 Å². The van der Waals surface area contributed by atoms with Gasteiger partial charge in [-0.15, -0.1) is 11.6 Å². The van der Waals surface area contributed by atoms with Crippen molar-refractivity contribution in [2.24, 2.45) is 0 Å². The van der Waals surface area contributed by atoms with E-state index in [0.29, 0.717) is 5.69 Å². The molecular formula is C12H13ClIN5O3. The molecule has 0 unspecified atom stereocenters. The Hall–Kier alpha value is -1.62. The molecule has 8 nitrogen and oxygen atoms in total. The number of carbonyl (C=O) groups is 1. The van der Waals surface area contributed by atoms with Gasteiger partial charge in [-0.3, -0.25) is 14.4 Å². The van der Waals surface area contributed by atoms with E-state index >= 15 is 0 Å². The summed E-state index contributed by atoms with van der Waals surface area (Å²) >= 11 is 7.80. The summed E-state index contributed by atoms with van der Waals surface area (Å²) < 4.78 is 12.8. The van der Waals surface area contributed by atoms with E-state index in [1.165, 1.54) is 25.4 Å². The summed E-state index contributed by atoms with van der Waals surface area (Å²) in [7, 11) is 2.90. The predicted octanol–water partition coefficient (Wildman–Crippen LogP) is 1.52. The van der Waals surface area contributed by atoms with E-state index < -0.39 is 0 Å². The van der Waals surface area contributed by atoms with Crippen LogP contribution in [0.3, 0.4) is 0 Å². The van der Waals surface area contributed by atoms with Crippen molar-refractivity contribution in [1.29, 1.82) is 0 Å². The fourth-order valence-electron chi connectivity index (χ4n) is 1.78. The van der Waals surface area contributed by atoms with Gasteiger partial charge in [0.15, 0.2) is 5.69 Å². The third-order valence-electron chi connectivity index (χ3n) is 2.72. The highest BCUT2D eigenvalue weighted by Gasteiger charge is 2.25.